The van der Waals surface area contributed by atoms with Gasteiger partial charge in [-0.1, -0.05) is 23.9 Å². The van der Waals surface area contributed by atoms with Gasteiger partial charge in [-0.15, -0.1) is 0 Å². The maximum absolute atomic E-state index is 2.39. The lowest BCUT2D eigenvalue weighted by Crippen LogP contribution is -2.37. The van der Waals surface area contributed by atoms with Gasteiger partial charge in [0.05, 0.1) is 6.67 Å². The molecule has 1 fully saturated rings. The molecule has 4 heteroatoms. The van der Waals surface area contributed by atoms with Gasteiger partial charge in [-0.05, 0) is 18.9 Å². The smallest absolute Gasteiger partial charge is 0.0703 e. The van der Waals surface area contributed by atoms with Crippen LogP contribution in [-0.2, 0) is 0 Å². The number of hydrogen-bond acceptors (Lipinski definition) is 4. The minimum atomic E-state index is 1.11. The van der Waals surface area contributed by atoms with Crippen molar-refractivity contribution in [1.29, 1.82) is 0 Å². The third-order valence-electron chi connectivity index (χ3n) is 1.65. The van der Waals surface area contributed by atoms with Crippen molar-refractivity contribution in [3.8, 4) is 0 Å². The Morgan fingerprint density at radius 2 is 1.50 bits per heavy atom. The first-order chi connectivity index (χ1) is 4.86. The fourth-order valence-electron chi connectivity index (χ4n) is 1.04. The van der Waals surface area contributed by atoms with Crippen molar-refractivity contribution in [2.45, 2.75) is 6.42 Å². The third-order valence-corrected chi connectivity index (χ3v) is 3.28. The zero-order valence-electron chi connectivity index (χ0n) is 6.54. The molecule has 10 heavy (non-hydrogen) atoms. The summed E-state index contributed by atoms with van der Waals surface area (Å²) < 4.78 is 4.78. The Balaban J connectivity index is 2.25. The summed E-state index contributed by atoms with van der Waals surface area (Å²) in [5, 5.41) is 0. The quantitative estimate of drug-likeness (QED) is 0.591. The molecule has 0 aromatic heterocycles. The van der Waals surface area contributed by atoms with Gasteiger partial charge in [-0.25, -0.2) is 8.61 Å². The van der Waals surface area contributed by atoms with Gasteiger partial charge >= 0.3 is 0 Å². The maximum atomic E-state index is 2.39. The van der Waals surface area contributed by atoms with E-state index >= 15 is 0 Å². The summed E-state index contributed by atoms with van der Waals surface area (Å²) in [6.07, 6.45) is 5.59. The lowest BCUT2D eigenvalue weighted by atomic mass is 10.4. The molecule has 60 valence electrons. The van der Waals surface area contributed by atoms with E-state index in [-0.39, 0.29) is 0 Å². The first-order valence-corrected chi connectivity index (χ1v) is 5.81. The Morgan fingerprint density at radius 1 is 1.00 bits per heavy atom. The predicted molar refractivity (Wildman–Crippen MR) is 49.9 cm³/mol. The molecule has 1 aliphatic heterocycles. The summed E-state index contributed by atoms with van der Waals surface area (Å²) in [6.45, 7) is 3.61. The van der Waals surface area contributed by atoms with Crippen molar-refractivity contribution in [3.05, 3.63) is 0 Å². The summed E-state index contributed by atoms with van der Waals surface area (Å²) in [4.78, 5) is 0. The van der Waals surface area contributed by atoms with Gasteiger partial charge in [0.1, 0.15) is 0 Å². The molecule has 0 N–H and O–H groups in total. The van der Waals surface area contributed by atoms with E-state index in [0.29, 0.717) is 0 Å². The van der Waals surface area contributed by atoms with Crippen LogP contribution in [0.1, 0.15) is 6.42 Å². The van der Waals surface area contributed by atoms with Crippen LogP contribution in [0.4, 0.5) is 0 Å². The number of nitrogens with zero attached hydrogens (tertiary/aromatic N) is 2. The molecule has 0 atom stereocenters. The molecule has 2 nitrogen and oxygen atoms in total. The molecule has 1 saturated heterocycles. The fraction of sp³-hybridized carbons (Fsp3) is 1.00. The number of hydrogen-bond donors (Lipinski definition) is 0. The van der Waals surface area contributed by atoms with Crippen LogP contribution < -0.4 is 0 Å². The lowest BCUT2D eigenvalue weighted by molar-refractivity contribution is 0.265. The molecule has 1 rings (SSSR count). The zero-order chi connectivity index (χ0) is 7.40. The second kappa shape index (κ2) is 4.49. The van der Waals surface area contributed by atoms with Crippen molar-refractivity contribution in [1.82, 2.24) is 8.61 Å². The Hall–Kier alpha value is 0.620. The molecular weight excluding hydrogens is 164 g/mol. The molecule has 0 aromatic rings. The summed E-state index contributed by atoms with van der Waals surface area (Å²) >= 11 is 3.69. The average molecular weight is 178 g/mol. The van der Waals surface area contributed by atoms with E-state index in [1.165, 1.54) is 19.5 Å². The first kappa shape index (κ1) is 8.71. The molecule has 0 spiro atoms. The molecule has 0 radical (unpaired) electrons. The molecule has 0 aliphatic carbocycles. The van der Waals surface area contributed by atoms with E-state index in [9.17, 15) is 0 Å². The van der Waals surface area contributed by atoms with Crippen LogP contribution in [0.15, 0.2) is 0 Å². The highest BCUT2D eigenvalue weighted by Gasteiger charge is 2.14. The van der Waals surface area contributed by atoms with Gasteiger partial charge in [0.15, 0.2) is 0 Å². The Labute approximate surface area is 71.6 Å². The Kier molecular flexibility index (Phi) is 3.91. The van der Waals surface area contributed by atoms with Crippen LogP contribution in [0, 0.1) is 0 Å². The van der Waals surface area contributed by atoms with Gasteiger partial charge in [0, 0.05) is 13.1 Å². The van der Waals surface area contributed by atoms with E-state index in [0.717, 1.165) is 6.67 Å². The van der Waals surface area contributed by atoms with Gasteiger partial charge < -0.3 is 0 Å². The monoisotopic (exact) mass is 178 g/mol. The summed E-state index contributed by atoms with van der Waals surface area (Å²) in [6, 6.07) is 0. The van der Waals surface area contributed by atoms with Crippen LogP contribution in [0.2, 0.25) is 0 Å². The highest BCUT2D eigenvalue weighted by molar-refractivity contribution is 7.97. The average Bonchev–Trinajstić information content (AvgIpc) is 2.05. The second-order valence-corrected chi connectivity index (χ2v) is 4.03. The Morgan fingerprint density at radius 3 is 1.90 bits per heavy atom. The molecule has 0 saturated carbocycles. The summed E-state index contributed by atoms with van der Waals surface area (Å²) in [5.74, 6) is 0. The third kappa shape index (κ3) is 2.34. The normalized spacial score (nSPS) is 23.4. The van der Waals surface area contributed by atoms with Crippen LogP contribution in [0.25, 0.3) is 0 Å². The predicted octanol–water partition coefficient (Wildman–Crippen LogP) is 1.51. The molecule has 1 aliphatic rings. The first-order valence-electron chi connectivity index (χ1n) is 3.45. The van der Waals surface area contributed by atoms with Crippen molar-refractivity contribution in [2.24, 2.45) is 0 Å². The minimum Gasteiger partial charge on any atom is -0.236 e. The van der Waals surface area contributed by atoms with Crippen molar-refractivity contribution >= 4 is 23.9 Å². The van der Waals surface area contributed by atoms with Gasteiger partial charge in [-0.2, -0.15) is 0 Å². The van der Waals surface area contributed by atoms with Crippen LogP contribution in [-0.4, -0.2) is 40.9 Å². The van der Waals surface area contributed by atoms with Crippen LogP contribution in [0.5, 0.6) is 0 Å². The highest BCUT2D eigenvalue weighted by Crippen LogP contribution is 2.17. The molecule has 0 unspecified atom stereocenters. The van der Waals surface area contributed by atoms with E-state index in [2.05, 4.69) is 21.1 Å². The molecule has 0 bridgehead atoms. The van der Waals surface area contributed by atoms with Gasteiger partial charge in [0.2, 0.25) is 0 Å². The fourth-order valence-corrected chi connectivity index (χ4v) is 2.24. The topological polar surface area (TPSA) is 6.48 Å². The van der Waals surface area contributed by atoms with Crippen LogP contribution >= 0.6 is 23.9 Å². The van der Waals surface area contributed by atoms with E-state index in [1.807, 2.05) is 23.9 Å². The SMILES string of the molecule is CSN1CCCN(SC)C1. The van der Waals surface area contributed by atoms with Crippen LogP contribution in [0.3, 0.4) is 0 Å². The van der Waals surface area contributed by atoms with E-state index in [1.54, 1.807) is 0 Å². The maximum Gasteiger partial charge on any atom is 0.0703 e. The molecule has 0 amide bonds. The second-order valence-electron chi connectivity index (χ2n) is 2.27. The molecule has 0 aromatic carbocycles. The van der Waals surface area contributed by atoms with Crippen molar-refractivity contribution < 1.29 is 0 Å². The Bertz CT molecular complexity index is 89.7. The molecule has 1 heterocycles. The largest absolute Gasteiger partial charge is 0.236 e. The van der Waals surface area contributed by atoms with Gasteiger partial charge in [0.25, 0.3) is 0 Å². The number of rotatable bonds is 2. The highest BCUT2D eigenvalue weighted by atomic mass is 32.2. The summed E-state index contributed by atoms with van der Waals surface area (Å²) in [5.41, 5.74) is 0. The molecular formula is C6H14N2S2. The van der Waals surface area contributed by atoms with Crippen molar-refractivity contribution in [2.75, 3.05) is 32.3 Å². The minimum absolute atomic E-state index is 1.11. The van der Waals surface area contributed by atoms with E-state index in [4.69, 9.17) is 0 Å². The summed E-state index contributed by atoms with van der Waals surface area (Å²) in [7, 11) is 0. The lowest BCUT2D eigenvalue weighted by Gasteiger charge is -2.31. The standard InChI is InChI=1S/C6H14N2S2/c1-9-7-4-3-5-8(6-7)10-2/h3-6H2,1-2H3. The zero-order valence-corrected chi connectivity index (χ0v) is 8.17. The van der Waals surface area contributed by atoms with Gasteiger partial charge in [-0.3, -0.25) is 0 Å². The van der Waals surface area contributed by atoms with Crippen molar-refractivity contribution in [3.63, 3.8) is 0 Å². The van der Waals surface area contributed by atoms with E-state index < -0.39 is 0 Å².